The molecule has 3 atom stereocenters. The molecule has 3 aliphatic rings. The monoisotopic (exact) mass is 548 g/mol. The first-order valence-corrected chi connectivity index (χ1v) is 14.2. The van der Waals surface area contributed by atoms with Gasteiger partial charge in [0.05, 0.1) is 12.1 Å². The standard InChI is InChI=1S/C26H44N8O5/c1-4-6-19(16-30-32-26(39)29-15-17-8-10-18(11-9-17)23(36)28-3)31-24(37)21-7-5-14-33-22(35)13-12-20(27-2)25(38)34(21)33/h16-21,27H,4-15H2,1-3H3,(H,28,36)(H,31,37)(H2,29,32,39)/b30-16+/t17?,18?,19-,20-,21-/m0/s1. The largest absolute Gasteiger partial charge is 0.359 e. The molecule has 2 heterocycles. The summed E-state index contributed by atoms with van der Waals surface area (Å²) < 4.78 is 0. The molecule has 2 aliphatic heterocycles. The van der Waals surface area contributed by atoms with Gasteiger partial charge in [0.25, 0.3) is 5.91 Å². The smallest absolute Gasteiger partial charge is 0.335 e. The second-order valence-corrected chi connectivity index (χ2v) is 10.6. The van der Waals surface area contributed by atoms with Gasteiger partial charge in [-0.05, 0) is 64.3 Å². The number of hydrazine groups is 1. The zero-order valence-electron chi connectivity index (χ0n) is 23.3. The summed E-state index contributed by atoms with van der Waals surface area (Å²) in [6, 6.07) is -2.19. The number of nitrogens with one attached hydrogen (secondary N) is 5. The number of nitrogens with zero attached hydrogens (tertiary/aromatic N) is 3. The molecule has 3 rings (SSSR count). The average molecular weight is 549 g/mol. The third kappa shape index (κ3) is 8.13. The zero-order valence-corrected chi connectivity index (χ0v) is 23.3. The fourth-order valence-corrected chi connectivity index (χ4v) is 5.61. The normalized spacial score (nSPS) is 26.4. The average Bonchev–Trinajstić information content (AvgIpc) is 3.07. The second-order valence-electron chi connectivity index (χ2n) is 10.6. The van der Waals surface area contributed by atoms with Crippen LogP contribution >= 0.6 is 0 Å². The summed E-state index contributed by atoms with van der Waals surface area (Å²) in [5.74, 6) is -0.325. The molecule has 0 aromatic carbocycles. The van der Waals surface area contributed by atoms with Gasteiger partial charge in [-0.25, -0.2) is 15.2 Å². The number of amides is 6. The molecule has 0 aromatic rings. The molecule has 0 bridgehead atoms. The highest BCUT2D eigenvalue weighted by molar-refractivity contribution is 5.94. The van der Waals surface area contributed by atoms with Crippen LogP contribution in [0.5, 0.6) is 0 Å². The molecule has 0 radical (unpaired) electrons. The lowest BCUT2D eigenvalue weighted by Gasteiger charge is -2.43. The van der Waals surface area contributed by atoms with Crippen LogP contribution in [0.2, 0.25) is 0 Å². The van der Waals surface area contributed by atoms with E-state index in [9.17, 15) is 24.0 Å². The Kier molecular flexibility index (Phi) is 11.5. The van der Waals surface area contributed by atoms with Crippen LogP contribution in [0.3, 0.4) is 0 Å². The van der Waals surface area contributed by atoms with Crippen molar-refractivity contribution >= 4 is 35.9 Å². The molecule has 0 unspecified atom stereocenters. The second kappa shape index (κ2) is 14.8. The Hall–Kier alpha value is -3.22. The Morgan fingerprint density at radius 1 is 1.05 bits per heavy atom. The maximum atomic E-state index is 13.3. The number of likely N-dealkylation sites (N-methyl/N-ethyl adjacent to an activating group) is 1. The van der Waals surface area contributed by atoms with Gasteiger partial charge < -0.3 is 21.3 Å². The molecule has 3 fully saturated rings. The number of hydrazone groups is 1. The van der Waals surface area contributed by atoms with Gasteiger partial charge in [0, 0.05) is 38.7 Å². The lowest BCUT2D eigenvalue weighted by molar-refractivity contribution is -0.176. The van der Waals surface area contributed by atoms with Gasteiger partial charge in [0.15, 0.2) is 0 Å². The van der Waals surface area contributed by atoms with E-state index in [1.165, 1.54) is 16.2 Å². The summed E-state index contributed by atoms with van der Waals surface area (Å²) in [6.07, 6.45) is 7.96. The van der Waals surface area contributed by atoms with Gasteiger partial charge >= 0.3 is 6.03 Å². The van der Waals surface area contributed by atoms with E-state index >= 15 is 0 Å². The van der Waals surface area contributed by atoms with Crippen molar-refractivity contribution < 1.29 is 24.0 Å². The summed E-state index contributed by atoms with van der Waals surface area (Å²) in [7, 11) is 3.33. The van der Waals surface area contributed by atoms with Gasteiger partial charge in [-0.2, -0.15) is 5.10 Å². The summed E-state index contributed by atoms with van der Waals surface area (Å²) in [5.41, 5.74) is 2.46. The van der Waals surface area contributed by atoms with E-state index in [1.54, 1.807) is 14.1 Å². The maximum absolute atomic E-state index is 13.3. The number of carbonyl (C=O) groups is 5. The van der Waals surface area contributed by atoms with E-state index < -0.39 is 24.2 Å². The van der Waals surface area contributed by atoms with Crippen molar-refractivity contribution in [1.82, 2.24) is 36.7 Å². The lowest BCUT2D eigenvalue weighted by atomic mass is 9.81. The van der Waals surface area contributed by atoms with Crippen LogP contribution < -0.4 is 26.7 Å². The highest BCUT2D eigenvalue weighted by atomic mass is 16.2. The van der Waals surface area contributed by atoms with Gasteiger partial charge in [-0.3, -0.25) is 24.2 Å². The quantitative estimate of drug-likeness (QED) is 0.194. The first-order valence-electron chi connectivity index (χ1n) is 14.2. The van der Waals surface area contributed by atoms with Crippen LogP contribution in [0.15, 0.2) is 5.10 Å². The third-order valence-electron chi connectivity index (χ3n) is 7.88. The van der Waals surface area contributed by atoms with Crippen LogP contribution in [-0.4, -0.2) is 91.2 Å². The van der Waals surface area contributed by atoms with Crippen LogP contribution in [0.4, 0.5) is 4.79 Å². The lowest BCUT2D eigenvalue weighted by Crippen LogP contribution is -2.64. The Morgan fingerprint density at radius 2 is 1.79 bits per heavy atom. The minimum absolute atomic E-state index is 0.0507. The molecule has 1 aliphatic carbocycles. The maximum Gasteiger partial charge on any atom is 0.335 e. The van der Waals surface area contributed by atoms with Crippen molar-refractivity contribution in [3.05, 3.63) is 0 Å². The zero-order chi connectivity index (χ0) is 28.4. The molecule has 218 valence electrons. The molecular formula is C26H44N8O5. The van der Waals surface area contributed by atoms with Crippen LogP contribution in [0.1, 0.15) is 71.1 Å². The molecule has 1 saturated carbocycles. The Labute approximate surface area is 230 Å². The van der Waals surface area contributed by atoms with Crippen LogP contribution in [0.25, 0.3) is 0 Å². The molecular weight excluding hydrogens is 504 g/mol. The number of hydrogen-bond donors (Lipinski definition) is 5. The molecule has 2 saturated heterocycles. The van der Waals surface area contributed by atoms with Gasteiger partial charge in [-0.15, -0.1) is 0 Å². The summed E-state index contributed by atoms with van der Waals surface area (Å²) >= 11 is 0. The fourth-order valence-electron chi connectivity index (χ4n) is 5.61. The topological polar surface area (TPSA) is 164 Å². The van der Waals surface area contributed by atoms with Gasteiger partial charge in [0.1, 0.15) is 6.04 Å². The number of carbonyl (C=O) groups excluding carboxylic acids is 5. The van der Waals surface area contributed by atoms with Crippen molar-refractivity contribution in [2.45, 2.75) is 89.3 Å². The minimum atomic E-state index is -0.786. The van der Waals surface area contributed by atoms with E-state index in [2.05, 4.69) is 31.8 Å². The molecule has 13 nitrogen and oxygen atoms in total. The van der Waals surface area contributed by atoms with Crippen LogP contribution in [0, 0.1) is 11.8 Å². The van der Waals surface area contributed by atoms with E-state index in [0.29, 0.717) is 44.7 Å². The van der Waals surface area contributed by atoms with E-state index in [4.69, 9.17) is 0 Å². The number of fused-ring (bicyclic) bond motifs is 1. The Morgan fingerprint density at radius 3 is 2.46 bits per heavy atom. The minimum Gasteiger partial charge on any atom is -0.359 e. The van der Waals surface area contributed by atoms with Crippen molar-refractivity contribution in [3.63, 3.8) is 0 Å². The predicted octanol–water partition coefficient (Wildman–Crippen LogP) is 0.225. The van der Waals surface area contributed by atoms with Crippen molar-refractivity contribution in [3.8, 4) is 0 Å². The SMILES string of the molecule is CCC[C@@H](/C=N/NC(=O)NCC1CCC(C(=O)NC)CC1)NC(=O)[C@@H]1CCCN2C(=O)CC[C@H](NC)C(=O)N12. The van der Waals surface area contributed by atoms with E-state index in [1.807, 2.05) is 6.92 Å². The first-order chi connectivity index (χ1) is 18.8. The third-order valence-corrected chi connectivity index (χ3v) is 7.88. The number of urea groups is 1. The molecule has 5 N–H and O–H groups in total. The number of rotatable bonds is 10. The Balaban J connectivity index is 1.50. The number of hydrogen-bond acceptors (Lipinski definition) is 7. The van der Waals surface area contributed by atoms with E-state index in [-0.39, 0.29) is 36.0 Å². The van der Waals surface area contributed by atoms with Gasteiger partial charge in [-0.1, -0.05) is 13.3 Å². The predicted molar refractivity (Wildman–Crippen MR) is 145 cm³/mol. The van der Waals surface area contributed by atoms with Crippen molar-refractivity contribution in [2.75, 3.05) is 27.2 Å². The summed E-state index contributed by atoms with van der Waals surface area (Å²) in [6.45, 7) is 2.90. The fraction of sp³-hybridized carbons (Fsp3) is 0.769. The molecule has 13 heteroatoms. The molecule has 0 spiro atoms. The summed E-state index contributed by atoms with van der Waals surface area (Å²) in [4.78, 5) is 63.1. The van der Waals surface area contributed by atoms with Crippen molar-refractivity contribution in [1.29, 1.82) is 0 Å². The molecule has 6 amide bonds. The molecule has 0 aromatic heterocycles. The highest BCUT2D eigenvalue weighted by Gasteiger charge is 2.44. The first kappa shape index (κ1) is 30.3. The van der Waals surface area contributed by atoms with Crippen LogP contribution in [-0.2, 0) is 19.2 Å². The Bertz CT molecular complexity index is 920. The van der Waals surface area contributed by atoms with Crippen molar-refractivity contribution in [2.24, 2.45) is 16.9 Å². The highest BCUT2D eigenvalue weighted by Crippen LogP contribution is 2.28. The summed E-state index contributed by atoms with van der Waals surface area (Å²) in [5, 5.41) is 18.2. The molecule has 39 heavy (non-hydrogen) atoms. The van der Waals surface area contributed by atoms with E-state index in [0.717, 1.165) is 32.1 Å². The van der Waals surface area contributed by atoms with Gasteiger partial charge in [0.2, 0.25) is 17.7 Å².